The fourth-order valence-electron chi connectivity index (χ4n) is 2.54. The highest BCUT2D eigenvalue weighted by molar-refractivity contribution is 5.85. The first-order valence-corrected chi connectivity index (χ1v) is 6.72. The number of oxazole rings is 1. The lowest BCUT2D eigenvalue weighted by Gasteiger charge is -2.19. The van der Waals surface area contributed by atoms with E-state index in [9.17, 15) is 0 Å². The van der Waals surface area contributed by atoms with E-state index in [-0.39, 0.29) is 24.8 Å². The molecule has 116 valence electrons. The highest BCUT2D eigenvalue weighted by atomic mass is 35.5. The molecule has 0 unspecified atom stereocenters. The molecule has 4 nitrogen and oxygen atoms in total. The molecule has 0 spiro atoms. The van der Waals surface area contributed by atoms with Gasteiger partial charge in [-0.05, 0) is 12.5 Å². The second-order valence-electron chi connectivity index (χ2n) is 5.18. The molecule has 6 heteroatoms. The van der Waals surface area contributed by atoms with Crippen LogP contribution in [0.4, 0.5) is 6.01 Å². The third-order valence-electron chi connectivity index (χ3n) is 3.64. The maximum atomic E-state index is 5.59. The summed E-state index contributed by atoms with van der Waals surface area (Å²) in [6.07, 6.45) is 1.81. The molecule has 0 saturated heterocycles. The molecule has 21 heavy (non-hydrogen) atoms. The Kier molecular flexibility index (Phi) is 6.52. The first-order chi connectivity index (χ1) is 9.20. The van der Waals surface area contributed by atoms with Crippen LogP contribution in [0.15, 0.2) is 28.7 Å². The lowest BCUT2D eigenvalue weighted by atomic mass is 10.1. The van der Waals surface area contributed by atoms with Crippen molar-refractivity contribution in [1.29, 1.82) is 0 Å². The minimum absolute atomic E-state index is 0. The fraction of sp³-hybridized carbons (Fsp3) is 0.400. The van der Waals surface area contributed by atoms with Crippen molar-refractivity contribution >= 4 is 30.8 Å². The van der Waals surface area contributed by atoms with Crippen LogP contribution < -0.4 is 5.73 Å². The van der Waals surface area contributed by atoms with E-state index in [4.69, 9.17) is 10.2 Å². The molecule has 2 aromatic rings. The maximum Gasteiger partial charge on any atom is 0.292 e. The van der Waals surface area contributed by atoms with Crippen LogP contribution in [0.1, 0.15) is 22.6 Å². The number of fused-ring (bicyclic) bond motifs is 1. The van der Waals surface area contributed by atoms with Gasteiger partial charge in [0.1, 0.15) is 5.76 Å². The Labute approximate surface area is 137 Å². The predicted molar refractivity (Wildman–Crippen MR) is 89.3 cm³/mol. The van der Waals surface area contributed by atoms with Crippen LogP contribution in [0.25, 0.3) is 0 Å². The van der Waals surface area contributed by atoms with Crippen LogP contribution in [0.5, 0.6) is 0 Å². The maximum absolute atomic E-state index is 5.59. The molecule has 1 aliphatic heterocycles. The van der Waals surface area contributed by atoms with Crippen molar-refractivity contribution in [2.75, 3.05) is 18.8 Å². The number of benzene rings is 1. The van der Waals surface area contributed by atoms with Crippen LogP contribution in [0.3, 0.4) is 0 Å². The Hall–Kier alpha value is -1.23. The molecule has 3 rings (SSSR count). The molecule has 0 amide bonds. The number of nitrogens with two attached hydrogens (primary N) is 1. The van der Waals surface area contributed by atoms with Crippen molar-refractivity contribution in [3.05, 3.63) is 46.8 Å². The lowest BCUT2D eigenvalue weighted by Crippen LogP contribution is -2.26. The van der Waals surface area contributed by atoms with E-state index in [0.717, 1.165) is 43.9 Å². The summed E-state index contributed by atoms with van der Waals surface area (Å²) < 4.78 is 5.44. The van der Waals surface area contributed by atoms with Crippen molar-refractivity contribution < 1.29 is 4.42 Å². The minimum Gasteiger partial charge on any atom is -0.429 e. The molecular formula is C15H21Cl2N3O. The zero-order valence-corrected chi connectivity index (χ0v) is 13.7. The summed E-state index contributed by atoms with van der Waals surface area (Å²) in [5.74, 6) is 0.962. The van der Waals surface area contributed by atoms with E-state index in [0.29, 0.717) is 6.01 Å². The number of anilines is 1. The zero-order chi connectivity index (χ0) is 13.2. The summed E-state index contributed by atoms with van der Waals surface area (Å²) >= 11 is 0. The molecule has 0 radical (unpaired) electrons. The first kappa shape index (κ1) is 17.8. The van der Waals surface area contributed by atoms with Crippen LogP contribution in [0.2, 0.25) is 0 Å². The smallest absolute Gasteiger partial charge is 0.292 e. The lowest BCUT2D eigenvalue weighted by molar-refractivity contribution is 0.274. The van der Waals surface area contributed by atoms with Gasteiger partial charge < -0.3 is 10.2 Å². The highest BCUT2D eigenvalue weighted by Gasteiger charge is 2.18. The third kappa shape index (κ3) is 4.37. The topological polar surface area (TPSA) is 55.3 Å². The molecule has 0 aliphatic carbocycles. The summed E-state index contributed by atoms with van der Waals surface area (Å²) in [6, 6.07) is 9.04. The van der Waals surface area contributed by atoms with E-state index in [1.165, 1.54) is 11.1 Å². The molecule has 0 bridgehead atoms. The van der Waals surface area contributed by atoms with Gasteiger partial charge in [0, 0.05) is 32.5 Å². The molecule has 1 aromatic heterocycles. The quantitative estimate of drug-likeness (QED) is 0.920. The Balaban J connectivity index is 0.00000110. The summed E-state index contributed by atoms with van der Waals surface area (Å²) in [5.41, 5.74) is 9.28. The van der Waals surface area contributed by atoms with Gasteiger partial charge in [-0.2, -0.15) is 4.98 Å². The summed E-state index contributed by atoms with van der Waals surface area (Å²) in [4.78, 5) is 6.69. The van der Waals surface area contributed by atoms with Crippen molar-refractivity contribution in [3.8, 4) is 0 Å². The second kappa shape index (κ2) is 7.69. The Morgan fingerprint density at radius 1 is 1.14 bits per heavy atom. The van der Waals surface area contributed by atoms with Gasteiger partial charge in [0.2, 0.25) is 0 Å². The van der Waals surface area contributed by atoms with Crippen molar-refractivity contribution in [1.82, 2.24) is 9.88 Å². The van der Waals surface area contributed by atoms with Gasteiger partial charge in [0.25, 0.3) is 6.01 Å². The molecule has 1 aliphatic rings. The van der Waals surface area contributed by atoms with Crippen molar-refractivity contribution in [2.24, 2.45) is 0 Å². The molecule has 2 N–H and O–H groups in total. The standard InChI is InChI=1S/C15H19N3O.2ClH/c1-11-2-4-12(5-3-11)10-18-8-6-13-14(7-9-18)19-15(16)17-13;;/h2-5H,6-10H2,1H3,(H2,16,17);2*1H. The summed E-state index contributed by atoms with van der Waals surface area (Å²) in [6.45, 7) is 5.10. The van der Waals surface area contributed by atoms with Gasteiger partial charge >= 0.3 is 0 Å². The van der Waals surface area contributed by atoms with Gasteiger partial charge in [-0.1, -0.05) is 29.8 Å². The third-order valence-corrected chi connectivity index (χ3v) is 3.64. The number of nitrogens with zero attached hydrogens (tertiary/aromatic N) is 2. The Morgan fingerprint density at radius 3 is 2.52 bits per heavy atom. The average Bonchev–Trinajstić information content (AvgIpc) is 2.66. The molecule has 0 saturated carbocycles. The highest BCUT2D eigenvalue weighted by Crippen LogP contribution is 2.19. The number of hydrogen-bond donors (Lipinski definition) is 1. The van der Waals surface area contributed by atoms with Gasteiger partial charge in [0.15, 0.2) is 0 Å². The molecule has 0 atom stereocenters. The normalized spacial score (nSPS) is 14.5. The molecular weight excluding hydrogens is 309 g/mol. The van der Waals surface area contributed by atoms with E-state index < -0.39 is 0 Å². The van der Waals surface area contributed by atoms with Crippen LogP contribution in [-0.4, -0.2) is 23.0 Å². The Bertz CT molecular complexity index is 543. The summed E-state index contributed by atoms with van der Waals surface area (Å²) in [5, 5.41) is 0. The average molecular weight is 330 g/mol. The van der Waals surface area contributed by atoms with Gasteiger partial charge in [-0.3, -0.25) is 4.90 Å². The zero-order valence-electron chi connectivity index (χ0n) is 12.0. The number of aromatic nitrogens is 1. The number of aryl methyl sites for hydroxylation is 1. The molecule has 1 aromatic carbocycles. The molecule has 2 heterocycles. The van der Waals surface area contributed by atoms with Crippen molar-refractivity contribution in [3.63, 3.8) is 0 Å². The largest absolute Gasteiger partial charge is 0.429 e. The monoisotopic (exact) mass is 329 g/mol. The number of halogens is 2. The van der Waals surface area contributed by atoms with E-state index >= 15 is 0 Å². The van der Waals surface area contributed by atoms with Crippen molar-refractivity contribution in [2.45, 2.75) is 26.3 Å². The van der Waals surface area contributed by atoms with Gasteiger partial charge in [-0.15, -0.1) is 24.8 Å². The van der Waals surface area contributed by atoms with Gasteiger partial charge in [0.05, 0.1) is 5.69 Å². The van der Waals surface area contributed by atoms with E-state index in [1.807, 2.05) is 0 Å². The minimum atomic E-state index is 0. The van der Waals surface area contributed by atoms with Crippen LogP contribution in [0, 0.1) is 6.92 Å². The fourth-order valence-corrected chi connectivity index (χ4v) is 2.54. The van der Waals surface area contributed by atoms with Gasteiger partial charge in [-0.25, -0.2) is 0 Å². The van der Waals surface area contributed by atoms with E-state index in [1.54, 1.807) is 0 Å². The second-order valence-corrected chi connectivity index (χ2v) is 5.18. The predicted octanol–water partition coefficient (Wildman–Crippen LogP) is 3.01. The number of nitrogen functional groups attached to an aromatic ring is 1. The van der Waals surface area contributed by atoms with Crippen LogP contribution >= 0.6 is 24.8 Å². The number of rotatable bonds is 2. The Morgan fingerprint density at radius 2 is 1.81 bits per heavy atom. The number of hydrogen-bond acceptors (Lipinski definition) is 4. The van der Waals surface area contributed by atoms with E-state index in [2.05, 4.69) is 41.1 Å². The first-order valence-electron chi connectivity index (χ1n) is 6.72. The van der Waals surface area contributed by atoms with Crippen LogP contribution in [-0.2, 0) is 19.4 Å². The summed E-state index contributed by atoms with van der Waals surface area (Å²) in [7, 11) is 0. The SMILES string of the molecule is Cc1ccc(CN2CCc3nc(N)oc3CC2)cc1.Cl.Cl. The molecule has 0 fully saturated rings.